The Labute approximate surface area is 212 Å². The van der Waals surface area contributed by atoms with Crippen LogP contribution in [-0.2, 0) is 4.74 Å². The highest BCUT2D eigenvalue weighted by Gasteiger charge is 2.22. The topological polar surface area (TPSA) is 116 Å². The molecule has 0 spiro atoms. The molecule has 9 nitrogen and oxygen atoms in total. The largest absolute Gasteiger partial charge is 0.378 e. The average Bonchev–Trinajstić information content (AvgIpc) is 3.36. The van der Waals surface area contributed by atoms with Crippen LogP contribution in [0.3, 0.4) is 0 Å². The molecular formula is C28H26N6O3. The molecule has 1 aliphatic heterocycles. The van der Waals surface area contributed by atoms with Gasteiger partial charge in [0.05, 0.1) is 47.2 Å². The number of morpholine rings is 1. The minimum atomic E-state index is -0.266. The number of para-hydroxylation sites is 1. The highest BCUT2D eigenvalue weighted by Crippen LogP contribution is 2.33. The number of fused-ring (bicyclic) bond motifs is 2. The SMILES string of the molecule is CC(Nc1c(-c2nc3ccc(C(=O)N4CCOCC4)cc3[nH]2)c(=O)[nH]c2ccccc12)c1ccccn1. The number of H-pyrrole nitrogens is 2. The van der Waals surface area contributed by atoms with E-state index in [1.165, 1.54) is 0 Å². The number of hydrogen-bond acceptors (Lipinski definition) is 6. The molecule has 0 saturated carbocycles. The summed E-state index contributed by atoms with van der Waals surface area (Å²) in [5.74, 6) is 0.380. The fourth-order valence-corrected chi connectivity index (χ4v) is 4.75. The molecule has 4 heterocycles. The number of amides is 1. The molecule has 1 aliphatic rings. The molecule has 9 heteroatoms. The summed E-state index contributed by atoms with van der Waals surface area (Å²) in [7, 11) is 0. The van der Waals surface area contributed by atoms with E-state index < -0.39 is 0 Å². The van der Waals surface area contributed by atoms with Crippen LogP contribution in [0.5, 0.6) is 0 Å². The Balaban J connectivity index is 1.44. The zero-order chi connectivity index (χ0) is 25.4. The second kappa shape index (κ2) is 9.51. The summed E-state index contributed by atoms with van der Waals surface area (Å²) in [5.41, 5.74) is 4.31. The van der Waals surface area contributed by atoms with E-state index in [0.29, 0.717) is 60.0 Å². The average molecular weight is 495 g/mol. The van der Waals surface area contributed by atoms with E-state index in [1.54, 1.807) is 23.2 Å². The summed E-state index contributed by atoms with van der Waals surface area (Å²) in [6.07, 6.45) is 1.75. The first-order valence-electron chi connectivity index (χ1n) is 12.3. The normalized spacial score (nSPS) is 14.7. The number of anilines is 1. The van der Waals surface area contributed by atoms with E-state index in [1.807, 2.05) is 55.5 Å². The number of hydrogen-bond donors (Lipinski definition) is 3. The van der Waals surface area contributed by atoms with E-state index in [2.05, 4.69) is 20.3 Å². The molecule has 186 valence electrons. The third-order valence-electron chi connectivity index (χ3n) is 6.68. The van der Waals surface area contributed by atoms with Gasteiger partial charge in [-0.2, -0.15) is 0 Å². The molecule has 0 radical (unpaired) electrons. The van der Waals surface area contributed by atoms with Crippen LogP contribution >= 0.6 is 0 Å². The Morgan fingerprint density at radius 3 is 2.65 bits per heavy atom. The van der Waals surface area contributed by atoms with Crippen LogP contribution in [0.15, 0.2) is 71.7 Å². The fraction of sp³-hybridized carbons (Fsp3) is 0.214. The summed E-state index contributed by atoms with van der Waals surface area (Å²) in [4.78, 5) is 43.6. The van der Waals surface area contributed by atoms with Gasteiger partial charge in [0.1, 0.15) is 11.4 Å². The van der Waals surface area contributed by atoms with Gasteiger partial charge in [-0.25, -0.2) is 4.98 Å². The molecule has 0 aliphatic carbocycles. The molecule has 6 rings (SSSR count). The lowest BCUT2D eigenvalue weighted by Gasteiger charge is -2.26. The van der Waals surface area contributed by atoms with Gasteiger partial charge in [-0.15, -0.1) is 0 Å². The summed E-state index contributed by atoms with van der Waals surface area (Å²) in [5, 5.41) is 4.38. The number of benzene rings is 2. The van der Waals surface area contributed by atoms with Crippen molar-refractivity contribution in [3.05, 3.63) is 88.5 Å². The standard InChI is InChI=1S/C28H26N6O3/c1-17(20-7-4-5-11-29-20)30-25-19-6-2-3-8-21(19)33-27(35)24(25)26-31-22-10-9-18(16-23(22)32-26)28(36)34-12-14-37-15-13-34/h2-11,16-17H,12-15H2,1H3,(H,31,32)(H2,30,33,35). The summed E-state index contributed by atoms with van der Waals surface area (Å²) in [6.45, 7) is 4.23. The van der Waals surface area contributed by atoms with Gasteiger partial charge in [0.15, 0.2) is 0 Å². The number of aromatic nitrogens is 4. The second-order valence-corrected chi connectivity index (χ2v) is 9.09. The molecule has 3 N–H and O–H groups in total. The van der Waals surface area contributed by atoms with E-state index in [0.717, 1.165) is 16.6 Å². The Morgan fingerprint density at radius 1 is 1.03 bits per heavy atom. The van der Waals surface area contributed by atoms with Gasteiger partial charge in [0, 0.05) is 30.2 Å². The van der Waals surface area contributed by atoms with E-state index in [4.69, 9.17) is 9.72 Å². The molecule has 1 unspecified atom stereocenters. The second-order valence-electron chi connectivity index (χ2n) is 9.09. The van der Waals surface area contributed by atoms with Crippen LogP contribution < -0.4 is 10.9 Å². The number of imidazole rings is 1. The van der Waals surface area contributed by atoms with Gasteiger partial charge in [-0.1, -0.05) is 24.3 Å². The maximum atomic E-state index is 13.4. The van der Waals surface area contributed by atoms with Crippen molar-refractivity contribution in [1.29, 1.82) is 0 Å². The maximum Gasteiger partial charge on any atom is 0.261 e. The van der Waals surface area contributed by atoms with Gasteiger partial charge in [-0.3, -0.25) is 14.6 Å². The van der Waals surface area contributed by atoms with Crippen LogP contribution in [-0.4, -0.2) is 57.0 Å². The number of carbonyl (C=O) groups is 1. The molecule has 0 bridgehead atoms. The molecule has 1 fully saturated rings. The molecule has 3 aromatic heterocycles. The van der Waals surface area contributed by atoms with Gasteiger partial charge in [0.25, 0.3) is 11.5 Å². The minimum Gasteiger partial charge on any atom is -0.378 e. The van der Waals surface area contributed by atoms with Crippen molar-refractivity contribution in [3.63, 3.8) is 0 Å². The van der Waals surface area contributed by atoms with Gasteiger partial charge in [-0.05, 0) is 43.3 Å². The molecule has 5 aromatic rings. The number of rotatable bonds is 5. The fourth-order valence-electron chi connectivity index (χ4n) is 4.75. The third kappa shape index (κ3) is 4.34. The monoisotopic (exact) mass is 494 g/mol. The number of carbonyl (C=O) groups excluding carboxylic acids is 1. The number of nitrogens with one attached hydrogen (secondary N) is 3. The van der Waals surface area contributed by atoms with E-state index in [-0.39, 0.29) is 17.5 Å². The maximum absolute atomic E-state index is 13.4. The molecule has 37 heavy (non-hydrogen) atoms. The summed E-state index contributed by atoms with van der Waals surface area (Å²) in [6, 6.07) is 18.6. The highest BCUT2D eigenvalue weighted by molar-refractivity contribution is 6.00. The Hall–Kier alpha value is -4.50. The number of nitrogens with zero attached hydrogens (tertiary/aromatic N) is 3. The van der Waals surface area contributed by atoms with Gasteiger partial charge >= 0.3 is 0 Å². The summed E-state index contributed by atoms with van der Waals surface area (Å²) < 4.78 is 5.36. The predicted octanol–water partition coefficient (Wildman–Crippen LogP) is 4.11. The van der Waals surface area contributed by atoms with E-state index in [9.17, 15) is 9.59 Å². The lowest BCUT2D eigenvalue weighted by molar-refractivity contribution is 0.0303. The quantitative estimate of drug-likeness (QED) is 0.339. The van der Waals surface area contributed by atoms with Crippen LogP contribution in [0.2, 0.25) is 0 Å². The zero-order valence-corrected chi connectivity index (χ0v) is 20.3. The number of ether oxygens (including phenoxy) is 1. The smallest absolute Gasteiger partial charge is 0.261 e. The predicted molar refractivity (Wildman–Crippen MR) is 143 cm³/mol. The Morgan fingerprint density at radius 2 is 1.84 bits per heavy atom. The molecule has 1 saturated heterocycles. The zero-order valence-electron chi connectivity index (χ0n) is 20.3. The number of pyridine rings is 2. The van der Waals surface area contributed by atoms with Crippen molar-refractivity contribution in [1.82, 2.24) is 24.8 Å². The summed E-state index contributed by atoms with van der Waals surface area (Å²) >= 11 is 0. The first kappa shape index (κ1) is 22.9. The minimum absolute atomic E-state index is 0.0450. The van der Waals surface area contributed by atoms with Crippen molar-refractivity contribution in [2.75, 3.05) is 31.6 Å². The van der Waals surface area contributed by atoms with Gasteiger partial charge in [0.2, 0.25) is 0 Å². The van der Waals surface area contributed by atoms with E-state index >= 15 is 0 Å². The van der Waals surface area contributed by atoms with Crippen molar-refractivity contribution in [2.45, 2.75) is 13.0 Å². The van der Waals surface area contributed by atoms with Crippen molar-refractivity contribution >= 4 is 33.5 Å². The number of aromatic amines is 2. The lowest BCUT2D eigenvalue weighted by Crippen LogP contribution is -2.40. The van der Waals surface area contributed by atoms with Crippen molar-refractivity contribution in [3.8, 4) is 11.4 Å². The van der Waals surface area contributed by atoms with Crippen LogP contribution in [0, 0.1) is 0 Å². The van der Waals surface area contributed by atoms with Crippen LogP contribution in [0.4, 0.5) is 5.69 Å². The third-order valence-corrected chi connectivity index (χ3v) is 6.68. The Bertz CT molecular complexity index is 1650. The van der Waals surface area contributed by atoms with Crippen LogP contribution in [0.1, 0.15) is 29.0 Å². The van der Waals surface area contributed by atoms with Gasteiger partial charge < -0.3 is 24.9 Å². The van der Waals surface area contributed by atoms with Crippen molar-refractivity contribution < 1.29 is 9.53 Å². The molecular weight excluding hydrogens is 468 g/mol. The van der Waals surface area contributed by atoms with Crippen molar-refractivity contribution in [2.24, 2.45) is 0 Å². The van der Waals surface area contributed by atoms with Crippen LogP contribution in [0.25, 0.3) is 33.3 Å². The molecule has 1 atom stereocenters. The highest BCUT2D eigenvalue weighted by atomic mass is 16.5. The lowest BCUT2D eigenvalue weighted by atomic mass is 10.1. The Kier molecular flexibility index (Phi) is 5.90. The molecule has 1 amide bonds. The first-order chi connectivity index (χ1) is 18.1. The molecule has 2 aromatic carbocycles. The first-order valence-corrected chi connectivity index (χ1v) is 12.3.